The van der Waals surface area contributed by atoms with Crippen molar-refractivity contribution in [2.45, 2.75) is 18.2 Å². The summed E-state index contributed by atoms with van der Waals surface area (Å²) in [6, 6.07) is 0. The average molecular weight is 245 g/mol. The Morgan fingerprint density at radius 3 is 0.867 bits per heavy atom. The van der Waals surface area contributed by atoms with Crippen molar-refractivity contribution in [2.24, 2.45) is 0 Å². The van der Waals surface area contributed by atoms with Crippen molar-refractivity contribution >= 4 is 6.28 Å². The maximum Gasteiger partial charge on any atom is 0.680 e. The minimum absolute atomic E-state index is 1.02. The molecule has 0 fully saturated rings. The number of rotatable bonds is 0. The van der Waals surface area contributed by atoms with Gasteiger partial charge in [-0.3, -0.25) is 0 Å². The first-order valence-corrected chi connectivity index (χ1v) is 3.08. The van der Waals surface area contributed by atoms with E-state index in [4.69, 9.17) is 0 Å². The molecule has 0 bridgehead atoms. The Bertz CT molecular complexity index is 240. The van der Waals surface area contributed by atoms with Crippen molar-refractivity contribution in [2.75, 3.05) is 0 Å². The van der Waals surface area contributed by atoms with Crippen LogP contribution in [0.4, 0.5) is 39.5 Å². The molecule has 0 radical (unpaired) electrons. The largest absolute Gasteiger partial charge is 0.680 e. The lowest BCUT2D eigenvalue weighted by atomic mass is 9.33. The minimum Gasteiger partial charge on any atom is -0.324 e. The molecular formula is C4HBF9N. The summed E-state index contributed by atoms with van der Waals surface area (Å²) in [5.74, 6) is 0. The van der Waals surface area contributed by atoms with E-state index in [0.717, 1.165) is 4.76 Å². The summed E-state index contributed by atoms with van der Waals surface area (Å²) in [6.07, 6.45) is -27.0. The molecule has 0 N–H and O–H groups in total. The second-order valence-electron chi connectivity index (χ2n) is 2.59. The van der Waals surface area contributed by atoms with Crippen LogP contribution in [-0.2, 0) is 0 Å². The molecular weight excluding hydrogens is 244 g/mol. The Hall–Kier alpha value is -1.08. The third-order valence-electron chi connectivity index (χ3n) is 1.64. The van der Waals surface area contributed by atoms with Crippen LogP contribution in [-0.4, -0.2) is 24.5 Å². The van der Waals surface area contributed by atoms with Crippen LogP contribution in [0.5, 0.6) is 0 Å². The Kier molecular flexibility index (Phi) is 2.98. The molecule has 0 aromatic carbocycles. The van der Waals surface area contributed by atoms with Crippen LogP contribution in [0.1, 0.15) is 0 Å². The number of nitrogens with zero attached hydrogens (tertiary/aromatic N) is 1. The fraction of sp³-hybridized carbons (Fsp3) is 0.750. The highest BCUT2D eigenvalue weighted by molar-refractivity contribution is 6.88. The van der Waals surface area contributed by atoms with Crippen molar-refractivity contribution in [3.63, 3.8) is 0 Å². The molecule has 0 aromatic rings. The zero-order chi connectivity index (χ0) is 12.7. The molecule has 0 rings (SSSR count). The van der Waals surface area contributed by atoms with E-state index in [-0.39, 0.29) is 0 Å². The maximum atomic E-state index is 11.8. The Morgan fingerprint density at radius 2 is 0.867 bits per heavy atom. The first kappa shape index (κ1) is 13.9. The van der Waals surface area contributed by atoms with Gasteiger partial charge in [0.15, 0.2) is 6.57 Å². The number of alkyl halides is 9. The summed E-state index contributed by atoms with van der Waals surface area (Å²) in [5.41, 5.74) is 0. The summed E-state index contributed by atoms with van der Waals surface area (Å²) in [5, 5.41) is 0. The van der Waals surface area contributed by atoms with Gasteiger partial charge in [-0.05, 0) is 0 Å². The van der Waals surface area contributed by atoms with Gasteiger partial charge in [-0.15, -0.1) is 0 Å². The second kappa shape index (κ2) is 3.21. The van der Waals surface area contributed by atoms with Gasteiger partial charge < -0.3 is 4.76 Å². The molecule has 0 aromatic heterocycles. The van der Waals surface area contributed by atoms with Crippen molar-refractivity contribution in [3.8, 4) is 6.57 Å². The third-order valence-corrected chi connectivity index (χ3v) is 1.64. The van der Waals surface area contributed by atoms with E-state index in [1.54, 1.807) is 0 Å². The molecule has 0 aliphatic rings. The Balaban J connectivity index is 5.93. The summed E-state index contributed by atoms with van der Waals surface area (Å²) in [6.45, 7) is 3.66. The van der Waals surface area contributed by atoms with Crippen molar-refractivity contribution in [1.82, 2.24) is 0 Å². The quantitative estimate of drug-likeness (QED) is 0.455. The molecule has 11 heteroatoms. The highest BCUT2D eigenvalue weighted by Gasteiger charge is 2.91. The summed E-state index contributed by atoms with van der Waals surface area (Å²) < 4.78 is 107. The van der Waals surface area contributed by atoms with Crippen LogP contribution in [0.25, 0.3) is 4.76 Å². The van der Waals surface area contributed by atoms with Crippen molar-refractivity contribution < 1.29 is 39.5 Å². The normalized spacial score (nSPS) is 14.9. The van der Waals surface area contributed by atoms with Crippen molar-refractivity contribution in [1.29, 1.82) is 0 Å². The number of halogens is 9. The minimum atomic E-state index is -7.02. The lowest BCUT2D eigenvalue weighted by Crippen LogP contribution is -2.69. The van der Waals surface area contributed by atoms with Gasteiger partial charge in [0.1, 0.15) is 0 Å². The lowest BCUT2D eigenvalue weighted by molar-refractivity contribution is -0.160. The fourth-order valence-electron chi connectivity index (χ4n) is 0.810. The van der Waals surface area contributed by atoms with Gasteiger partial charge in [-0.2, -0.15) is 0 Å². The molecule has 0 amide bonds. The van der Waals surface area contributed by atoms with E-state index in [1.165, 1.54) is 0 Å². The van der Waals surface area contributed by atoms with Gasteiger partial charge in [-0.25, -0.2) is 39.5 Å². The van der Waals surface area contributed by atoms with Gasteiger partial charge in [0.2, 0.25) is 0 Å². The molecule has 88 valence electrons. The summed E-state index contributed by atoms with van der Waals surface area (Å²) in [7, 11) is 0. The van der Waals surface area contributed by atoms with Crippen LogP contribution in [0.15, 0.2) is 0 Å². The van der Waals surface area contributed by atoms with Gasteiger partial charge >= 0.3 is 24.5 Å². The smallest absolute Gasteiger partial charge is 0.324 e. The fourth-order valence-corrected chi connectivity index (χ4v) is 0.810. The second-order valence-corrected chi connectivity index (χ2v) is 2.59. The zero-order valence-electron chi connectivity index (χ0n) is 6.50. The predicted octanol–water partition coefficient (Wildman–Crippen LogP) is 3.20. The van der Waals surface area contributed by atoms with Crippen LogP contribution < -0.4 is 0 Å². The van der Waals surface area contributed by atoms with Crippen LogP contribution >= 0.6 is 0 Å². The first-order chi connectivity index (χ1) is 6.31. The number of hydrogen-bond donors (Lipinski definition) is 0. The van der Waals surface area contributed by atoms with Crippen LogP contribution in [0, 0.1) is 6.57 Å². The number of hydrogen-bond acceptors (Lipinski definition) is 0. The molecule has 15 heavy (non-hydrogen) atoms. The van der Waals surface area contributed by atoms with Crippen LogP contribution in [0.3, 0.4) is 0 Å². The third kappa shape index (κ3) is 1.84. The Labute approximate surface area is 76.6 Å². The van der Waals surface area contributed by atoms with E-state index in [1.807, 2.05) is 0 Å². The van der Waals surface area contributed by atoms with Gasteiger partial charge in [0.25, 0.3) is 0 Å². The molecule has 1 nitrogen and oxygen atoms in total. The monoisotopic (exact) mass is 245 g/mol. The molecule has 0 heterocycles. The summed E-state index contributed by atoms with van der Waals surface area (Å²) in [4.78, 5) is 0. The maximum absolute atomic E-state index is 11.8. The van der Waals surface area contributed by atoms with E-state index in [9.17, 15) is 39.5 Å². The van der Waals surface area contributed by atoms with E-state index >= 15 is 0 Å². The molecule has 0 saturated carbocycles. The molecule has 0 spiro atoms. The average Bonchev–Trinajstić information content (AvgIpc) is 1.76. The van der Waals surface area contributed by atoms with E-state index in [2.05, 4.69) is 6.57 Å². The Morgan fingerprint density at radius 1 is 0.667 bits per heavy atom. The molecule has 0 aliphatic carbocycles. The molecule has 0 saturated heterocycles. The van der Waals surface area contributed by atoms with E-state index < -0.39 is 24.5 Å². The highest BCUT2D eigenvalue weighted by Crippen LogP contribution is 2.50. The van der Waals surface area contributed by atoms with E-state index in [0.29, 0.717) is 0 Å². The zero-order valence-corrected chi connectivity index (χ0v) is 6.50. The molecule has 0 atom stereocenters. The summed E-state index contributed by atoms with van der Waals surface area (Å²) >= 11 is 0. The SMILES string of the molecule is C#[N+][B-](C(F)(F)F)(C(F)(F)F)C(F)(F)F. The van der Waals surface area contributed by atoms with Gasteiger partial charge in [-0.1, -0.05) is 0 Å². The van der Waals surface area contributed by atoms with Crippen molar-refractivity contribution in [3.05, 3.63) is 4.76 Å². The molecule has 0 unspecified atom stereocenters. The lowest BCUT2D eigenvalue weighted by Gasteiger charge is -2.30. The first-order valence-electron chi connectivity index (χ1n) is 3.08. The predicted molar refractivity (Wildman–Crippen MR) is 32.2 cm³/mol. The standard InChI is InChI=1S/C4HBF9N/c1-15-5(2(6,7)8,3(9,10)11)4(12,13)14/h1H. The van der Waals surface area contributed by atoms with Gasteiger partial charge in [0.05, 0.1) is 0 Å². The van der Waals surface area contributed by atoms with Crippen LogP contribution in [0.2, 0.25) is 0 Å². The van der Waals surface area contributed by atoms with Gasteiger partial charge in [0, 0.05) is 0 Å². The molecule has 0 aliphatic heterocycles. The highest BCUT2D eigenvalue weighted by atomic mass is 19.4. The topological polar surface area (TPSA) is 4.36 Å².